The number of rotatable bonds is 5. The molecule has 1 heterocycles. The highest BCUT2D eigenvalue weighted by molar-refractivity contribution is 5.50. The van der Waals surface area contributed by atoms with Gasteiger partial charge in [0.05, 0.1) is 11.5 Å². The van der Waals surface area contributed by atoms with Crippen molar-refractivity contribution in [2.24, 2.45) is 5.84 Å². The molecule has 1 aromatic heterocycles. The Balaban J connectivity index is 2.37. The Hall–Kier alpha value is -2.71. The number of nitro groups is 1. The predicted octanol–water partition coefficient (Wildman–Crippen LogP) is 1.56. The van der Waals surface area contributed by atoms with Gasteiger partial charge in [0.2, 0.25) is 0 Å². The van der Waals surface area contributed by atoms with Crippen LogP contribution >= 0.6 is 0 Å². The first kappa shape index (κ1) is 13.7. The van der Waals surface area contributed by atoms with E-state index in [0.717, 1.165) is 0 Å². The van der Waals surface area contributed by atoms with E-state index in [-0.39, 0.29) is 24.0 Å². The number of hydrogen-bond acceptors (Lipinski definition) is 7. The van der Waals surface area contributed by atoms with E-state index in [9.17, 15) is 10.1 Å². The summed E-state index contributed by atoms with van der Waals surface area (Å²) >= 11 is 0. The number of aromatic nitrogens is 1. The second-order valence-corrected chi connectivity index (χ2v) is 3.83. The van der Waals surface area contributed by atoms with Gasteiger partial charge in [-0.3, -0.25) is 10.1 Å². The summed E-state index contributed by atoms with van der Waals surface area (Å²) in [5, 5.41) is 20.0. The highest BCUT2D eigenvalue weighted by Crippen LogP contribution is 2.30. The van der Waals surface area contributed by atoms with Gasteiger partial charge in [-0.25, -0.2) is 5.84 Å². The van der Waals surface area contributed by atoms with Crippen LogP contribution in [0.4, 0.5) is 11.5 Å². The monoisotopic (exact) mass is 276 g/mol. The first-order chi connectivity index (χ1) is 9.63. The van der Waals surface area contributed by atoms with E-state index < -0.39 is 4.92 Å². The largest absolute Gasteiger partial charge is 0.434 e. The van der Waals surface area contributed by atoms with Crippen molar-refractivity contribution < 1.29 is 14.8 Å². The van der Waals surface area contributed by atoms with Crippen molar-refractivity contribution in [3.63, 3.8) is 0 Å². The van der Waals surface area contributed by atoms with Gasteiger partial charge in [-0.15, -0.1) is 0 Å². The van der Waals surface area contributed by atoms with E-state index in [0.29, 0.717) is 11.3 Å². The number of benzene rings is 1. The van der Waals surface area contributed by atoms with Crippen LogP contribution in [0.2, 0.25) is 0 Å². The molecule has 0 radical (unpaired) electrons. The average Bonchev–Trinajstić information content (AvgIpc) is 2.47. The van der Waals surface area contributed by atoms with Crippen LogP contribution in [0, 0.1) is 10.1 Å². The molecular formula is C12H12N4O4. The standard InChI is InChI=1S/C12H12N4O4/c13-15-11-5-4-10(16(18)19)12(14-11)20-9-3-1-2-8(6-9)7-17/h1-6,17H,7,13H2,(H,14,15). The van der Waals surface area contributed by atoms with E-state index in [1.165, 1.54) is 12.1 Å². The molecule has 2 aromatic rings. The Morgan fingerprint density at radius 1 is 1.40 bits per heavy atom. The minimum atomic E-state index is -0.599. The number of nitrogens with two attached hydrogens (primary N) is 1. The highest BCUT2D eigenvalue weighted by Gasteiger charge is 2.18. The van der Waals surface area contributed by atoms with E-state index in [1.807, 2.05) is 0 Å². The molecule has 0 aliphatic carbocycles. The highest BCUT2D eigenvalue weighted by atomic mass is 16.6. The molecule has 0 bridgehead atoms. The Bertz CT molecular complexity index is 633. The molecular weight excluding hydrogens is 264 g/mol. The number of anilines is 1. The molecule has 8 nitrogen and oxygen atoms in total. The minimum absolute atomic E-state index is 0.156. The fourth-order valence-corrected chi connectivity index (χ4v) is 1.55. The molecule has 104 valence electrons. The van der Waals surface area contributed by atoms with E-state index in [2.05, 4.69) is 10.4 Å². The van der Waals surface area contributed by atoms with Gasteiger partial charge in [0.25, 0.3) is 0 Å². The van der Waals surface area contributed by atoms with Crippen molar-refractivity contribution in [2.45, 2.75) is 6.61 Å². The molecule has 0 atom stereocenters. The Morgan fingerprint density at radius 2 is 2.20 bits per heavy atom. The molecule has 8 heteroatoms. The number of nitrogens with one attached hydrogen (secondary N) is 1. The van der Waals surface area contributed by atoms with Gasteiger partial charge in [0.1, 0.15) is 11.6 Å². The molecule has 4 N–H and O–H groups in total. The zero-order chi connectivity index (χ0) is 14.5. The summed E-state index contributed by atoms with van der Waals surface area (Å²) in [5.41, 5.74) is 2.63. The van der Waals surface area contributed by atoms with Gasteiger partial charge in [-0.05, 0) is 23.8 Å². The van der Waals surface area contributed by atoms with Gasteiger partial charge >= 0.3 is 11.6 Å². The zero-order valence-electron chi connectivity index (χ0n) is 10.3. The summed E-state index contributed by atoms with van der Waals surface area (Å²) in [6, 6.07) is 9.15. The summed E-state index contributed by atoms with van der Waals surface area (Å²) in [6.07, 6.45) is 0. The maximum atomic E-state index is 10.9. The third-order valence-corrected chi connectivity index (χ3v) is 2.48. The SMILES string of the molecule is NNc1ccc([N+](=O)[O-])c(Oc2cccc(CO)c2)n1. The van der Waals surface area contributed by atoms with Crippen LogP contribution in [0.15, 0.2) is 36.4 Å². The smallest absolute Gasteiger partial charge is 0.331 e. The third-order valence-electron chi connectivity index (χ3n) is 2.48. The lowest BCUT2D eigenvalue weighted by molar-refractivity contribution is -0.386. The van der Waals surface area contributed by atoms with E-state index >= 15 is 0 Å². The fraction of sp³-hybridized carbons (Fsp3) is 0.0833. The van der Waals surface area contributed by atoms with E-state index in [1.54, 1.807) is 24.3 Å². The van der Waals surface area contributed by atoms with Crippen molar-refractivity contribution >= 4 is 11.5 Å². The summed E-state index contributed by atoms with van der Waals surface area (Å²) in [5.74, 6) is 5.61. The molecule has 0 aliphatic heterocycles. The minimum Gasteiger partial charge on any atom is -0.434 e. The van der Waals surface area contributed by atoms with Crippen LogP contribution < -0.4 is 16.0 Å². The van der Waals surface area contributed by atoms with Gasteiger partial charge in [-0.2, -0.15) is 4.98 Å². The third kappa shape index (κ3) is 2.99. The van der Waals surface area contributed by atoms with Crippen LogP contribution in [0.3, 0.4) is 0 Å². The maximum Gasteiger partial charge on any atom is 0.331 e. The number of ether oxygens (including phenoxy) is 1. The number of nitrogen functional groups attached to an aromatic ring is 1. The zero-order valence-corrected chi connectivity index (χ0v) is 10.3. The molecule has 0 saturated carbocycles. The molecule has 0 fully saturated rings. The first-order valence-electron chi connectivity index (χ1n) is 5.63. The molecule has 0 saturated heterocycles. The van der Waals surface area contributed by atoms with Crippen LogP contribution in [0.25, 0.3) is 0 Å². The molecule has 0 aliphatic rings. The Morgan fingerprint density at radius 3 is 2.85 bits per heavy atom. The lowest BCUT2D eigenvalue weighted by Gasteiger charge is -2.07. The van der Waals surface area contributed by atoms with Crippen molar-refractivity contribution in [3.05, 3.63) is 52.1 Å². The van der Waals surface area contributed by atoms with Crippen LogP contribution in [0.1, 0.15) is 5.56 Å². The summed E-state index contributed by atoms with van der Waals surface area (Å²) in [6.45, 7) is -0.156. The number of nitrogens with zero attached hydrogens (tertiary/aromatic N) is 2. The quantitative estimate of drug-likeness (QED) is 0.430. The number of aliphatic hydroxyl groups excluding tert-OH is 1. The Labute approximate surface area is 113 Å². The predicted molar refractivity (Wildman–Crippen MR) is 71.1 cm³/mol. The summed E-state index contributed by atoms with van der Waals surface area (Å²) < 4.78 is 5.40. The van der Waals surface area contributed by atoms with Crippen molar-refractivity contribution in [3.8, 4) is 11.6 Å². The Kier molecular flexibility index (Phi) is 4.08. The number of pyridine rings is 1. The van der Waals surface area contributed by atoms with Crippen molar-refractivity contribution in [1.29, 1.82) is 0 Å². The van der Waals surface area contributed by atoms with Crippen LogP contribution in [-0.4, -0.2) is 15.0 Å². The number of aliphatic hydroxyl groups is 1. The van der Waals surface area contributed by atoms with Crippen LogP contribution in [0.5, 0.6) is 11.6 Å². The van der Waals surface area contributed by atoms with Crippen molar-refractivity contribution in [1.82, 2.24) is 4.98 Å². The number of hydrazine groups is 1. The molecule has 1 aromatic carbocycles. The maximum absolute atomic E-state index is 10.9. The topological polar surface area (TPSA) is 124 Å². The first-order valence-corrected chi connectivity index (χ1v) is 5.63. The molecule has 2 rings (SSSR count). The second kappa shape index (κ2) is 5.95. The van der Waals surface area contributed by atoms with Crippen LogP contribution in [-0.2, 0) is 6.61 Å². The normalized spacial score (nSPS) is 10.1. The molecule has 0 amide bonds. The second-order valence-electron chi connectivity index (χ2n) is 3.83. The summed E-state index contributed by atoms with van der Waals surface area (Å²) in [4.78, 5) is 14.2. The molecule has 0 unspecified atom stereocenters. The van der Waals surface area contributed by atoms with Gasteiger partial charge in [0, 0.05) is 6.07 Å². The molecule has 20 heavy (non-hydrogen) atoms. The van der Waals surface area contributed by atoms with E-state index in [4.69, 9.17) is 15.7 Å². The summed E-state index contributed by atoms with van der Waals surface area (Å²) in [7, 11) is 0. The molecule has 0 spiro atoms. The van der Waals surface area contributed by atoms with Gasteiger partial charge in [-0.1, -0.05) is 12.1 Å². The van der Waals surface area contributed by atoms with Gasteiger partial charge < -0.3 is 15.3 Å². The average molecular weight is 276 g/mol. The fourth-order valence-electron chi connectivity index (χ4n) is 1.55. The lowest BCUT2D eigenvalue weighted by Crippen LogP contribution is -2.09. The lowest BCUT2D eigenvalue weighted by atomic mass is 10.2. The van der Waals surface area contributed by atoms with Crippen molar-refractivity contribution in [2.75, 3.05) is 5.43 Å². The number of hydrogen-bond donors (Lipinski definition) is 3. The van der Waals surface area contributed by atoms with Gasteiger partial charge in [0.15, 0.2) is 0 Å².